The minimum absolute atomic E-state index is 0.127. The molecular weight excluding hydrogens is 240 g/mol. The zero-order chi connectivity index (χ0) is 13.5. The Morgan fingerprint density at radius 1 is 1.42 bits per heavy atom. The van der Waals surface area contributed by atoms with E-state index in [0.717, 1.165) is 25.0 Å². The van der Waals surface area contributed by atoms with Crippen molar-refractivity contribution in [3.63, 3.8) is 0 Å². The van der Waals surface area contributed by atoms with Gasteiger partial charge in [-0.25, -0.2) is 0 Å². The summed E-state index contributed by atoms with van der Waals surface area (Å²) in [6.45, 7) is 2.54. The Hall–Kier alpha value is -1.39. The van der Waals surface area contributed by atoms with Gasteiger partial charge in [-0.2, -0.15) is 0 Å². The highest BCUT2D eigenvalue weighted by Gasteiger charge is 2.22. The lowest BCUT2D eigenvalue weighted by Gasteiger charge is -2.25. The molecule has 1 atom stereocenters. The molecule has 1 aliphatic rings. The van der Waals surface area contributed by atoms with E-state index in [9.17, 15) is 4.79 Å². The molecular formula is C15H22N2O2. The summed E-state index contributed by atoms with van der Waals surface area (Å²) in [5.74, 6) is 0.127. The number of amides is 1. The number of ether oxygens (including phenoxy) is 1. The Balaban J connectivity index is 1.98. The van der Waals surface area contributed by atoms with Crippen LogP contribution in [0.2, 0.25) is 0 Å². The maximum absolute atomic E-state index is 12.1. The molecule has 1 aromatic carbocycles. The van der Waals surface area contributed by atoms with Crippen molar-refractivity contribution in [2.45, 2.75) is 25.5 Å². The number of hydrogen-bond acceptors (Lipinski definition) is 3. The van der Waals surface area contributed by atoms with E-state index in [-0.39, 0.29) is 12.0 Å². The molecule has 0 radical (unpaired) electrons. The van der Waals surface area contributed by atoms with Crippen molar-refractivity contribution in [1.29, 1.82) is 0 Å². The predicted molar refractivity (Wildman–Crippen MR) is 74.8 cm³/mol. The Labute approximate surface area is 114 Å². The molecule has 0 aliphatic carbocycles. The lowest BCUT2D eigenvalue weighted by molar-refractivity contribution is -0.132. The third kappa shape index (κ3) is 4.33. The normalized spacial score (nSPS) is 18.5. The highest BCUT2D eigenvalue weighted by molar-refractivity contribution is 5.78. The van der Waals surface area contributed by atoms with E-state index in [2.05, 4.69) is 17.4 Å². The van der Waals surface area contributed by atoms with Gasteiger partial charge in [0.05, 0.1) is 12.6 Å². The van der Waals surface area contributed by atoms with Crippen molar-refractivity contribution < 1.29 is 9.53 Å². The average molecular weight is 262 g/mol. The third-order valence-corrected chi connectivity index (χ3v) is 3.34. The fourth-order valence-corrected chi connectivity index (χ4v) is 2.36. The van der Waals surface area contributed by atoms with Crippen LogP contribution in [0.1, 0.15) is 18.4 Å². The summed E-state index contributed by atoms with van der Waals surface area (Å²) in [7, 11) is 1.80. The van der Waals surface area contributed by atoms with Crippen molar-refractivity contribution in [2.75, 3.05) is 26.7 Å². The molecule has 0 spiro atoms. The van der Waals surface area contributed by atoms with E-state index in [1.807, 2.05) is 23.1 Å². The Morgan fingerprint density at radius 3 is 2.84 bits per heavy atom. The molecule has 1 heterocycles. The van der Waals surface area contributed by atoms with Gasteiger partial charge in [0.1, 0.15) is 0 Å². The number of likely N-dealkylation sites (N-methyl/N-ethyl adjacent to an activating group) is 1. The summed E-state index contributed by atoms with van der Waals surface area (Å²) in [4.78, 5) is 14.0. The fraction of sp³-hybridized carbons (Fsp3) is 0.533. The van der Waals surface area contributed by atoms with Crippen molar-refractivity contribution in [3.8, 4) is 0 Å². The van der Waals surface area contributed by atoms with Gasteiger partial charge in [-0.05, 0) is 25.5 Å². The Morgan fingerprint density at radius 2 is 2.21 bits per heavy atom. The van der Waals surface area contributed by atoms with Crippen LogP contribution in [0.25, 0.3) is 0 Å². The van der Waals surface area contributed by atoms with Crippen LogP contribution < -0.4 is 5.32 Å². The number of nitrogens with one attached hydrogen (secondary N) is 1. The Kier molecular flexibility index (Phi) is 5.36. The molecule has 2 rings (SSSR count). The first-order valence-electron chi connectivity index (χ1n) is 6.87. The molecule has 0 aromatic heterocycles. The molecule has 1 N–H and O–H groups in total. The number of carbonyl (C=O) groups is 1. The summed E-state index contributed by atoms with van der Waals surface area (Å²) < 4.78 is 5.64. The number of hydrogen-bond donors (Lipinski definition) is 1. The number of nitrogens with zero attached hydrogens (tertiary/aromatic N) is 1. The van der Waals surface area contributed by atoms with Gasteiger partial charge in [-0.3, -0.25) is 4.79 Å². The van der Waals surface area contributed by atoms with E-state index >= 15 is 0 Å². The highest BCUT2D eigenvalue weighted by atomic mass is 16.5. The summed E-state index contributed by atoms with van der Waals surface area (Å²) in [5.41, 5.74) is 1.16. The van der Waals surface area contributed by atoms with Gasteiger partial charge < -0.3 is 15.0 Å². The van der Waals surface area contributed by atoms with Crippen LogP contribution in [0.15, 0.2) is 30.3 Å². The molecule has 0 bridgehead atoms. The number of carbonyl (C=O) groups excluding carboxylic acids is 1. The molecule has 104 valence electrons. The average Bonchev–Trinajstić information content (AvgIpc) is 2.92. The van der Waals surface area contributed by atoms with Crippen LogP contribution in [0.4, 0.5) is 0 Å². The van der Waals surface area contributed by atoms with Crippen molar-refractivity contribution in [1.82, 2.24) is 10.2 Å². The summed E-state index contributed by atoms with van der Waals surface area (Å²) in [6.07, 6.45) is 2.35. The second-order valence-electron chi connectivity index (χ2n) is 4.93. The van der Waals surface area contributed by atoms with E-state index in [0.29, 0.717) is 19.6 Å². The van der Waals surface area contributed by atoms with Gasteiger partial charge in [-0.15, -0.1) is 0 Å². The van der Waals surface area contributed by atoms with E-state index in [1.54, 1.807) is 7.05 Å². The third-order valence-electron chi connectivity index (χ3n) is 3.34. The molecule has 1 saturated heterocycles. The highest BCUT2D eigenvalue weighted by Crippen LogP contribution is 2.15. The largest absolute Gasteiger partial charge is 0.376 e. The van der Waals surface area contributed by atoms with E-state index < -0.39 is 0 Å². The second-order valence-corrected chi connectivity index (χ2v) is 4.93. The summed E-state index contributed by atoms with van der Waals surface area (Å²) in [5, 5.41) is 2.93. The van der Waals surface area contributed by atoms with Gasteiger partial charge >= 0.3 is 0 Å². The van der Waals surface area contributed by atoms with Crippen LogP contribution in [0, 0.1) is 0 Å². The SMILES string of the molecule is CNCC(=O)N(Cc1ccccc1)CC1CCCO1. The summed E-state index contributed by atoms with van der Waals surface area (Å²) >= 11 is 0. The van der Waals surface area contributed by atoms with E-state index in [4.69, 9.17) is 4.74 Å². The molecule has 1 fully saturated rings. The zero-order valence-electron chi connectivity index (χ0n) is 11.5. The second kappa shape index (κ2) is 7.26. The summed E-state index contributed by atoms with van der Waals surface area (Å²) in [6, 6.07) is 10.1. The molecule has 1 unspecified atom stereocenters. The van der Waals surface area contributed by atoms with Crippen LogP contribution >= 0.6 is 0 Å². The van der Waals surface area contributed by atoms with Crippen molar-refractivity contribution in [2.24, 2.45) is 0 Å². The quantitative estimate of drug-likeness (QED) is 0.843. The molecule has 0 saturated carbocycles. The molecule has 4 nitrogen and oxygen atoms in total. The standard InChI is InChI=1S/C15H22N2O2/c1-16-10-15(18)17(12-14-8-5-9-19-14)11-13-6-3-2-4-7-13/h2-4,6-7,14,16H,5,8-12H2,1H3. The van der Waals surface area contributed by atoms with Gasteiger partial charge in [0.15, 0.2) is 0 Å². The minimum Gasteiger partial charge on any atom is -0.376 e. The topological polar surface area (TPSA) is 41.6 Å². The lowest BCUT2D eigenvalue weighted by Crippen LogP contribution is -2.41. The lowest BCUT2D eigenvalue weighted by atomic mass is 10.2. The molecule has 1 aliphatic heterocycles. The van der Waals surface area contributed by atoms with Gasteiger partial charge in [0, 0.05) is 19.7 Å². The van der Waals surface area contributed by atoms with Gasteiger partial charge in [0.2, 0.25) is 5.91 Å². The maximum atomic E-state index is 12.1. The molecule has 19 heavy (non-hydrogen) atoms. The number of benzene rings is 1. The first-order valence-corrected chi connectivity index (χ1v) is 6.87. The van der Waals surface area contributed by atoms with Crippen LogP contribution in [-0.2, 0) is 16.1 Å². The smallest absolute Gasteiger partial charge is 0.236 e. The minimum atomic E-state index is 0.127. The van der Waals surface area contributed by atoms with Gasteiger partial charge in [-0.1, -0.05) is 30.3 Å². The van der Waals surface area contributed by atoms with Crippen LogP contribution in [0.5, 0.6) is 0 Å². The first-order chi connectivity index (χ1) is 9.29. The van der Waals surface area contributed by atoms with Gasteiger partial charge in [0.25, 0.3) is 0 Å². The van der Waals surface area contributed by atoms with Crippen molar-refractivity contribution in [3.05, 3.63) is 35.9 Å². The molecule has 1 amide bonds. The monoisotopic (exact) mass is 262 g/mol. The van der Waals surface area contributed by atoms with Crippen LogP contribution in [-0.4, -0.2) is 43.7 Å². The van der Waals surface area contributed by atoms with Crippen LogP contribution in [0.3, 0.4) is 0 Å². The maximum Gasteiger partial charge on any atom is 0.236 e. The first kappa shape index (κ1) is 14.0. The number of rotatable bonds is 6. The molecule has 4 heteroatoms. The van der Waals surface area contributed by atoms with Crippen molar-refractivity contribution >= 4 is 5.91 Å². The van der Waals surface area contributed by atoms with E-state index in [1.165, 1.54) is 0 Å². The predicted octanol–water partition coefficient (Wildman–Crippen LogP) is 1.41. The Bertz CT molecular complexity index is 388. The molecule has 1 aromatic rings. The fourth-order valence-electron chi connectivity index (χ4n) is 2.36. The zero-order valence-corrected chi connectivity index (χ0v) is 11.5.